The highest BCUT2D eigenvalue weighted by molar-refractivity contribution is 6.35. The van der Waals surface area contributed by atoms with Crippen LogP contribution in [0.25, 0.3) is 0 Å². The minimum Gasteiger partial charge on any atom is -0.508 e. The number of carbonyl (C=O) groups excluding carboxylic acids is 1. The van der Waals surface area contributed by atoms with Crippen LogP contribution in [0.5, 0.6) is 11.5 Å². The molecule has 3 rings (SSSR count). The number of ether oxygens (including phenoxy) is 1. The highest BCUT2D eigenvalue weighted by Gasteiger charge is 2.28. The number of phenolic OH excluding ortho intramolecular Hbond substituents is 1. The molecular formula is C20H21Cl2NO3. The second-order valence-corrected chi connectivity index (χ2v) is 7.37. The van der Waals surface area contributed by atoms with Crippen molar-refractivity contribution >= 4 is 29.1 Å². The van der Waals surface area contributed by atoms with Crippen LogP contribution in [0.2, 0.25) is 10.0 Å². The third-order valence-electron chi connectivity index (χ3n) is 4.72. The Labute approximate surface area is 163 Å². The number of hydrogen-bond donors (Lipinski definition) is 1. The van der Waals surface area contributed by atoms with Crippen LogP contribution in [-0.4, -0.2) is 35.1 Å². The molecule has 2 aromatic rings. The van der Waals surface area contributed by atoms with Crippen molar-refractivity contribution in [2.75, 3.05) is 13.1 Å². The lowest BCUT2D eigenvalue weighted by Gasteiger charge is -2.33. The number of rotatable bonds is 4. The zero-order valence-corrected chi connectivity index (χ0v) is 16.0. The molecule has 0 radical (unpaired) electrons. The van der Waals surface area contributed by atoms with Crippen LogP contribution >= 0.6 is 23.2 Å². The Bertz CT molecular complexity index is 771. The minimum absolute atomic E-state index is 0.0415. The van der Waals surface area contributed by atoms with Gasteiger partial charge in [0.05, 0.1) is 5.02 Å². The van der Waals surface area contributed by atoms with E-state index in [1.807, 2.05) is 17.0 Å². The summed E-state index contributed by atoms with van der Waals surface area (Å²) in [6.07, 6.45) is 1.18. The summed E-state index contributed by atoms with van der Waals surface area (Å²) in [4.78, 5) is 14.5. The number of benzene rings is 2. The molecule has 2 aromatic carbocycles. The fourth-order valence-electron chi connectivity index (χ4n) is 3.25. The molecule has 1 amide bonds. The first-order chi connectivity index (χ1) is 12.4. The van der Waals surface area contributed by atoms with Crippen LogP contribution in [0.4, 0.5) is 0 Å². The van der Waals surface area contributed by atoms with Crippen molar-refractivity contribution in [3.63, 3.8) is 0 Å². The number of carbonyl (C=O) groups is 1. The van der Waals surface area contributed by atoms with Crippen molar-refractivity contribution in [1.29, 1.82) is 0 Å². The van der Waals surface area contributed by atoms with Gasteiger partial charge >= 0.3 is 0 Å². The lowest BCUT2D eigenvalue weighted by molar-refractivity contribution is -0.139. The van der Waals surface area contributed by atoms with Gasteiger partial charge in [0.15, 0.2) is 6.10 Å². The number of hydrogen-bond acceptors (Lipinski definition) is 3. The van der Waals surface area contributed by atoms with Crippen molar-refractivity contribution < 1.29 is 14.6 Å². The second-order valence-electron chi connectivity index (χ2n) is 6.53. The van der Waals surface area contributed by atoms with Crippen LogP contribution in [0.15, 0.2) is 42.5 Å². The van der Waals surface area contributed by atoms with E-state index in [1.165, 1.54) is 5.56 Å². The first kappa shape index (κ1) is 18.9. The summed E-state index contributed by atoms with van der Waals surface area (Å²) in [5.74, 6) is 1.09. The van der Waals surface area contributed by atoms with E-state index < -0.39 is 6.10 Å². The summed E-state index contributed by atoms with van der Waals surface area (Å²) in [5, 5.41) is 10.3. The predicted molar refractivity (Wildman–Crippen MR) is 103 cm³/mol. The van der Waals surface area contributed by atoms with Crippen molar-refractivity contribution in [3.8, 4) is 11.5 Å². The SMILES string of the molecule is C[C@H](Oc1ccc(Cl)cc1Cl)C(=O)N1CCC(c2ccc(O)cc2)CC1. The molecule has 26 heavy (non-hydrogen) atoms. The Kier molecular flexibility index (Phi) is 5.94. The van der Waals surface area contributed by atoms with E-state index in [1.54, 1.807) is 37.3 Å². The molecule has 0 unspecified atom stereocenters. The molecule has 0 saturated carbocycles. The molecule has 1 heterocycles. The highest BCUT2D eigenvalue weighted by Crippen LogP contribution is 2.31. The predicted octanol–water partition coefficient (Wildman–Crippen LogP) is 4.87. The normalized spacial score (nSPS) is 16.3. The van der Waals surface area contributed by atoms with Crippen LogP contribution in [0, 0.1) is 0 Å². The van der Waals surface area contributed by atoms with E-state index in [0.717, 1.165) is 12.8 Å². The number of amides is 1. The van der Waals surface area contributed by atoms with Gasteiger partial charge in [-0.2, -0.15) is 0 Å². The Morgan fingerprint density at radius 2 is 1.81 bits per heavy atom. The molecule has 0 aromatic heterocycles. The number of aromatic hydroxyl groups is 1. The van der Waals surface area contributed by atoms with Gasteiger partial charge in [0.2, 0.25) is 0 Å². The molecule has 1 fully saturated rings. The van der Waals surface area contributed by atoms with Gasteiger partial charge in [-0.05, 0) is 61.6 Å². The third kappa shape index (κ3) is 4.43. The van der Waals surface area contributed by atoms with Gasteiger partial charge in [-0.15, -0.1) is 0 Å². The molecule has 1 aliphatic rings. The topological polar surface area (TPSA) is 49.8 Å². The monoisotopic (exact) mass is 393 g/mol. The van der Waals surface area contributed by atoms with Crippen molar-refractivity contribution in [1.82, 2.24) is 4.90 Å². The average molecular weight is 394 g/mol. The first-order valence-electron chi connectivity index (χ1n) is 8.63. The lowest BCUT2D eigenvalue weighted by atomic mass is 9.89. The molecule has 1 saturated heterocycles. The fourth-order valence-corrected chi connectivity index (χ4v) is 3.70. The largest absolute Gasteiger partial charge is 0.508 e. The second kappa shape index (κ2) is 8.19. The maximum absolute atomic E-state index is 12.7. The van der Waals surface area contributed by atoms with E-state index in [9.17, 15) is 9.90 Å². The van der Waals surface area contributed by atoms with Crippen molar-refractivity contribution in [3.05, 3.63) is 58.1 Å². The van der Waals surface area contributed by atoms with Crippen LogP contribution in [0.3, 0.4) is 0 Å². The zero-order valence-electron chi connectivity index (χ0n) is 14.5. The van der Waals surface area contributed by atoms with Gasteiger partial charge in [-0.25, -0.2) is 0 Å². The summed E-state index contributed by atoms with van der Waals surface area (Å²) in [6.45, 7) is 3.11. The van der Waals surface area contributed by atoms with Gasteiger partial charge in [-0.3, -0.25) is 4.79 Å². The zero-order chi connectivity index (χ0) is 18.7. The minimum atomic E-state index is -0.612. The maximum atomic E-state index is 12.7. The van der Waals surface area contributed by atoms with Gasteiger partial charge in [0.25, 0.3) is 5.91 Å². The molecule has 1 N–H and O–H groups in total. The quantitative estimate of drug-likeness (QED) is 0.805. The smallest absolute Gasteiger partial charge is 0.263 e. The Morgan fingerprint density at radius 1 is 1.15 bits per heavy atom. The average Bonchev–Trinajstić information content (AvgIpc) is 2.64. The molecule has 138 valence electrons. The molecule has 0 spiro atoms. The summed E-state index contributed by atoms with van der Waals surface area (Å²) < 4.78 is 5.73. The van der Waals surface area contributed by atoms with E-state index in [2.05, 4.69) is 0 Å². The molecule has 6 heteroatoms. The van der Waals surface area contributed by atoms with Gasteiger partial charge in [0, 0.05) is 18.1 Å². The number of halogens is 2. The summed E-state index contributed by atoms with van der Waals surface area (Å²) in [7, 11) is 0. The number of likely N-dealkylation sites (tertiary alicyclic amines) is 1. The lowest BCUT2D eigenvalue weighted by Crippen LogP contribution is -2.44. The molecular weight excluding hydrogens is 373 g/mol. The van der Waals surface area contributed by atoms with Gasteiger partial charge in [-0.1, -0.05) is 35.3 Å². The van der Waals surface area contributed by atoms with E-state index in [4.69, 9.17) is 27.9 Å². The fraction of sp³-hybridized carbons (Fsp3) is 0.350. The van der Waals surface area contributed by atoms with E-state index in [0.29, 0.717) is 34.8 Å². The Morgan fingerprint density at radius 3 is 2.42 bits per heavy atom. The van der Waals surface area contributed by atoms with Crippen LogP contribution in [-0.2, 0) is 4.79 Å². The molecule has 0 aliphatic carbocycles. The number of piperidine rings is 1. The standard InChI is InChI=1S/C20H21Cl2NO3/c1-13(26-19-7-4-16(21)12-18(19)22)20(25)23-10-8-15(9-11-23)14-2-5-17(24)6-3-14/h2-7,12-13,15,24H,8-11H2,1H3/t13-/m0/s1. The summed E-state index contributed by atoms with van der Waals surface area (Å²) >= 11 is 12.0. The van der Waals surface area contributed by atoms with E-state index >= 15 is 0 Å². The van der Waals surface area contributed by atoms with Crippen LogP contribution < -0.4 is 4.74 Å². The van der Waals surface area contributed by atoms with Crippen molar-refractivity contribution in [2.24, 2.45) is 0 Å². The Balaban J connectivity index is 1.56. The maximum Gasteiger partial charge on any atom is 0.263 e. The number of phenols is 1. The Hall–Kier alpha value is -1.91. The molecule has 4 nitrogen and oxygen atoms in total. The van der Waals surface area contributed by atoms with Crippen molar-refractivity contribution in [2.45, 2.75) is 31.8 Å². The summed E-state index contributed by atoms with van der Waals surface area (Å²) in [6, 6.07) is 12.3. The third-order valence-corrected chi connectivity index (χ3v) is 5.25. The number of nitrogens with zero attached hydrogens (tertiary/aromatic N) is 1. The highest BCUT2D eigenvalue weighted by atomic mass is 35.5. The molecule has 0 bridgehead atoms. The van der Waals surface area contributed by atoms with Gasteiger partial charge in [0.1, 0.15) is 11.5 Å². The molecule has 1 aliphatic heterocycles. The van der Waals surface area contributed by atoms with Gasteiger partial charge < -0.3 is 14.7 Å². The van der Waals surface area contributed by atoms with Crippen LogP contribution in [0.1, 0.15) is 31.2 Å². The first-order valence-corrected chi connectivity index (χ1v) is 9.39. The molecule has 1 atom stereocenters. The van der Waals surface area contributed by atoms with E-state index in [-0.39, 0.29) is 11.7 Å². The summed E-state index contributed by atoms with van der Waals surface area (Å²) in [5.41, 5.74) is 1.20.